The number of rotatable bonds is 8. The number of benzene rings is 1. The first-order chi connectivity index (χ1) is 9.77. The van der Waals surface area contributed by atoms with E-state index in [9.17, 15) is 4.79 Å². The number of hydrogen-bond acceptors (Lipinski definition) is 3. The first-order valence-electron chi connectivity index (χ1n) is 7.38. The molecule has 0 unspecified atom stereocenters. The van der Waals surface area contributed by atoms with E-state index >= 15 is 0 Å². The summed E-state index contributed by atoms with van der Waals surface area (Å²) in [5, 5.41) is 9.06. The van der Waals surface area contributed by atoms with Gasteiger partial charge in [-0.3, -0.25) is 4.79 Å². The zero-order valence-corrected chi connectivity index (χ0v) is 13.7. The predicted molar refractivity (Wildman–Crippen MR) is 83.2 cm³/mol. The zero-order valence-electron chi connectivity index (χ0n) is 13.7. The van der Waals surface area contributed by atoms with Gasteiger partial charge in [0.2, 0.25) is 0 Å². The molecular weight excluding hydrogens is 268 g/mol. The van der Waals surface area contributed by atoms with Crippen LogP contribution >= 0.6 is 0 Å². The van der Waals surface area contributed by atoms with Crippen molar-refractivity contribution in [2.45, 2.75) is 47.5 Å². The van der Waals surface area contributed by atoms with Gasteiger partial charge >= 0.3 is 5.97 Å². The maximum atomic E-state index is 11.0. The second-order valence-electron chi connectivity index (χ2n) is 5.96. The molecule has 0 aromatic heterocycles. The third kappa shape index (κ3) is 4.96. The van der Waals surface area contributed by atoms with Crippen molar-refractivity contribution in [3.63, 3.8) is 0 Å². The number of aliphatic carboxylic acids is 1. The Hall–Kier alpha value is -1.71. The molecule has 4 nitrogen and oxygen atoms in total. The molecule has 0 spiro atoms. The van der Waals surface area contributed by atoms with Crippen LogP contribution in [0.3, 0.4) is 0 Å². The molecule has 0 saturated heterocycles. The van der Waals surface area contributed by atoms with Crippen LogP contribution in [0.25, 0.3) is 0 Å². The molecule has 0 atom stereocenters. The van der Waals surface area contributed by atoms with Crippen molar-refractivity contribution < 1.29 is 19.4 Å². The first-order valence-corrected chi connectivity index (χ1v) is 7.38. The van der Waals surface area contributed by atoms with Gasteiger partial charge in [-0.1, -0.05) is 0 Å². The molecule has 21 heavy (non-hydrogen) atoms. The Balaban J connectivity index is 2.57. The van der Waals surface area contributed by atoms with Crippen LogP contribution in [0.4, 0.5) is 0 Å². The van der Waals surface area contributed by atoms with E-state index in [2.05, 4.69) is 0 Å². The van der Waals surface area contributed by atoms with Gasteiger partial charge in [-0.05, 0) is 70.7 Å². The summed E-state index contributed by atoms with van der Waals surface area (Å²) in [7, 11) is 0. The quantitative estimate of drug-likeness (QED) is 0.737. The Morgan fingerprint density at radius 2 is 1.67 bits per heavy atom. The minimum atomic E-state index is -0.768. The smallest absolute Gasteiger partial charge is 0.309 e. The summed E-state index contributed by atoms with van der Waals surface area (Å²) in [4.78, 5) is 11.0. The van der Waals surface area contributed by atoms with Crippen molar-refractivity contribution >= 4 is 5.97 Å². The van der Waals surface area contributed by atoms with Crippen LogP contribution in [0.1, 0.15) is 44.7 Å². The molecule has 0 aliphatic carbocycles. The van der Waals surface area contributed by atoms with Crippen LogP contribution < -0.4 is 9.47 Å². The van der Waals surface area contributed by atoms with E-state index in [0.29, 0.717) is 26.1 Å². The fourth-order valence-corrected chi connectivity index (χ4v) is 2.03. The van der Waals surface area contributed by atoms with Gasteiger partial charge in [0.1, 0.15) is 11.5 Å². The Kier molecular flexibility index (Phi) is 6.06. The lowest BCUT2D eigenvalue weighted by Gasteiger charge is -2.19. The fourth-order valence-electron chi connectivity index (χ4n) is 2.03. The van der Waals surface area contributed by atoms with Crippen molar-refractivity contribution in [1.29, 1.82) is 0 Å². The summed E-state index contributed by atoms with van der Waals surface area (Å²) < 4.78 is 11.3. The Labute approximate surface area is 127 Å². The average molecular weight is 294 g/mol. The molecule has 0 aliphatic rings. The molecule has 0 fully saturated rings. The maximum Gasteiger partial charge on any atom is 0.309 e. The van der Waals surface area contributed by atoms with E-state index in [1.165, 1.54) is 0 Å². The topological polar surface area (TPSA) is 55.8 Å². The Bertz CT molecular complexity index is 492. The summed E-state index contributed by atoms with van der Waals surface area (Å²) in [6, 6.07) is 3.96. The minimum absolute atomic E-state index is 0.519. The molecule has 4 heteroatoms. The molecule has 0 amide bonds. The number of aryl methyl sites for hydroxylation is 2. The van der Waals surface area contributed by atoms with E-state index in [4.69, 9.17) is 14.6 Å². The van der Waals surface area contributed by atoms with Gasteiger partial charge in [0.25, 0.3) is 0 Å². The predicted octanol–water partition coefficient (Wildman–Crippen LogP) is 3.97. The SMILES string of the molecule is CCOc1cc(C)c(OCCCC(C)(C)C(=O)O)cc1C. The number of hydrogen-bond donors (Lipinski definition) is 1. The first kappa shape index (κ1) is 17.3. The number of carbonyl (C=O) groups is 1. The second-order valence-corrected chi connectivity index (χ2v) is 5.96. The van der Waals surface area contributed by atoms with Crippen LogP contribution in [0.15, 0.2) is 12.1 Å². The highest BCUT2D eigenvalue weighted by Crippen LogP contribution is 2.28. The number of carboxylic acids is 1. The lowest BCUT2D eigenvalue weighted by atomic mass is 9.88. The lowest BCUT2D eigenvalue weighted by Crippen LogP contribution is -2.24. The van der Waals surface area contributed by atoms with Gasteiger partial charge in [0.15, 0.2) is 0 Å². The highest BCUT2D eigenvalue weighted by molar-refractivity contribution is 5.73. The zero-order chi connectivity index (χ0) is 16.0. The summed E-state index contributed by atoms with van der Waals surface area (Å²) in [6.45, 7) is 10.6. The van der Waals surface area contributed by atoms with Gasteiger partial charge < -0.3 is 14.6 Å². The Morgan fingerprint density at radius 3 is 2.14 bits per heavy atom. The molecule has 0 heterocycles. The fraction of sp³-hybridized carbons (Fsp3) is 0.588. The molecular formula is C17H26O4. The molecule has 1 aromatic rings. The number of ether oxygens (including phenoxy) is 2. The van der Waals surface area contributed by atoms with Crippen molar-refractivity contribution in [2.75, 3.05) is 13.2 Å². The molecule has 0 aliphatic heterocycles. The van der Waals surface area contributed by atoms with Crippen molar-refractivity contribution in [2.24, 2.45) is 5.41 Å². The van der Waals surface area contributed by atoms with Crippen molar-refractivity contribution in [3.8, 4) is 11.5 Å². The molecule has 1 aromatic carbocycles. The van der Waals surface area contributed by atoms with E-state index in [0.717, 1.165) is 22.6 Å². The highest BCUT2D eigenvalue weighted by atomic mass is 16.5. The van der Waals surface area contributed by atoms with E-state index in [-0.39, 0.29) is 0 Å². The van der Waals surface area contributed by atoms with Crippen LogP contribution in [-0.2, 0) is 4.79 Å². The van der Waals surface area contributed by atoms with Crippen molar-refractivity contribution in [1.82, 2.24) is 0 Å². The summed E-state index contributed by atoms with van der Waals surface area (Å²) in [6.07, 6.45) is 1.31. The third-order valence-electron chi connectivity index (χ3n) is 3.55. The van der Waals surface area contributed by atoms with Crippen molar-refractivity contribution in [3.05, 3.63) is 23.3 Å². The van der Waals surface area contributed by atoms with Gasteiger partial charge in [0, 0.05) is 0 Å². The molecule has 0 saturated carbocycles. The third-order valence-corrected chi connectivity index (χ3v) is 3.55. The highest BCUT2D eigenvalue weighted by Gasteiger charge is 2.26. The second kappa shape index (κ2) is 7.34. The van der Waals surface area contributed by atoms with Crippen LogP contribution in [0, 0.1) is 19.3 Å². The lowest BCUT2D eigenvalue weighted by molar-refractivity contribution is -0.147. The molecule has 1 N–H and O–H groups in total. The van der Waals surface area contributed by atoms with Gasteiger partial charge in [0.05, 0.1) is 18.6 Å². The van der Waals surface area contributed by atoms with Gasteiger partial charge in [-0.25, -0.2) is 0 Å². The Morgan fingerprint density at radius 1 is 1.14 bits per heavy atom. The molecule has 1 rings (SSSR count). The maximum absolute atomic E-state index is 11.0. The van der Waals surface area contributed by atoms with Crippen LogP contribution in [-0.4, -0.2) is 24.3 Å². The van der Waals surface area contributed by atoms with Crippen LogP contribution in [0.5, 0.6) is 11.5 Å². The summed E-state index contributed by atoms with van der Waals surface area (Å²) in [5.41, 5.74) is 1.37. The van der Waals surface area contributed by atoms with Gasteiger partial charge in [-0.2, -0.15) is 0 Å². The van der Waals surface area contributed by atoms with E-state index in [1.807, 2.05) is 32.9 Å². The molecule has 0 radical (unpaired) electrons. The largest absolute Gasteiger partial charge is 0.494 e. The average Bonchev–Trinajstić information content (AvgIpc) is 2.39. The normalized spacial score (nSPS) is 11.3. The standard InChI is InChI=1S/C17H26O4/c1-6-20-14-10-13(3)15(11-12(14)2)21-9-7-8-17(4,5)16(18)19/h10-11H,6-9H2,1-5H3,(H,18,19). The summed E-state index contributed by atoms with van der Waals surface area (Å²) >= 11 is 0. The molecule has 0 bridgehead atoms. The van der Waals surface area contributed by atoms with Crippen LogP contribution in [0.2, 0.25) is 0 Å². The minimum Gasteiger partial charge on any atom is -0.494 e. The summed E-state index contributed by atoms with van der Waals surface area (Å²) in [5.74, 6) is 0.953. The van der Waals surface area contributed by atoms with Gasteiger partial charge in [-0.15, -0.1) is 0 Å². The molecule has 118 valence electrons. The monoisotopic (exact) mass is 294 g/mol. The number of carboxylic acid groups (broad SMARTS) is 1. The van der Waals surface area contributed by atoms with E-state index in [1.54, 1.807) is 13.8 Å². The van der Waals surface area contributed by atoms with E-state index < -0.39 is 11.4 Å².